The lowest BCUT2D eigenvalue weighted by molar-refractivity contribution is -0.138. The molecule has 0 aromatic heterocycles. The zero-order valence-electron chi connectivity index (χ0n) is 14.5. The topological polar surface area (TPSA) is 89.9 Å². The number of amides is 2. The minimum absolute atomic E-state index is 0.101. The molecule has 4 rings (SSSR count). The van der Waals surface area contributed by atoms with Crippen molar-refractivity contribution in [1.82, 2.24) is 10.2 Å². The highest BCUT2D eigenvalue weighted by Crippen LogP contribution is 2.61. The van der Waals surface area contributed by atoms with Gasteiger partial charge < -0.3 is 20.4 Å². The Balaban J connectivity index is 1.58. The summed E-state index contributed by atoms with van der Waals surface area (Å²) in [6, 6.07) is -1.30. The molecule has 4 aliphatic carbocycles. The van der Waals surface area contributed by atoms with E-state index in [1.165, 1.54) is 45.4 Å². The molecule has 6 heteroatoms. The van der Waals surface area contributed by atoms with Crippen LogP contribution in [0.15, 0.2) is 0 Å². The summed E-state index contributed by atoms with van der Waals surface area (Å²) in [6.45, 7) is 2.21. The molecule has 4 aliphatic rings. The number of carboxylic acids is 1. The SMILES string of the molecule is C[C@H](NC(=O)N(CCO)CCC12CC3CC(CC(C3)C1)C2)C(=O)O. The van der Waals surface area contributed by atoms with Crippen molar-refractivity contribution in [2.45, 2.75) is 57.9 Å². The van der Waals surface area contributed by atoms with Gasteiger partial charge in [0.05, 0.1) is 6.61 Å². The van der Waals surface area contributed by atoms with Crippen molar-refractivity contribution in [3.63, 3.8) is 0 Å². The van der Waals surface area contributed by atoms with E-state index in [1.54, 1.807) is 4.90 Å². The Morgan fingerprint density at radius 3 is 2.12 bits per heavy atom. The van der Waals surface area contributed by atoms with Crippen LogP contribution in [0, 0.1) is 23.2 Å². The Bertz CT molecular complexity index is 458. The third-order valence-corrected chi connectivity index (χ3v) is 6.44. The van der Waals surface area contributed by atoms with Gasteiger partial charge in [-0.15, -0.1) is 0 Å². The smallest absolute Gasteiger partial charge is 0.325 e. The first kappa shape index (κ1) is 17.5. The molecule has 1 atom stereocenters. The summed E-state index contributed by atoms with van der Waals surface area (Å²) in [4.78, 5) is 24.8. The summed E-state index contributed by atoms with van der Waals surface area (Å²) in [5.41, 5.74) is 0.376. The number of hydrogen-bond acceptors (Lipinski definition) is 3. The number of nitrogens with zero attached hydrogens (tertiary/aromatic N) is 1. The van der Waals surface area contributed by atoms with Gasteiger partial charge in [-0.05, 0) is 75.0 Å². The molecule has 4 fully saturated rings. The quantitative estimate of drug-likeness (QED) is 0.663. The second-order valence-corrected chi connectivity index (χ2v) is 8.39. The second-order valence-electron chi connectivity index (χ2n) is 8.39. The first-order chi connectivity index (χ1) is 11.4. The Labute approximate surface area is 143 Å². The Hall–Kier alpha value is -1.30. The monoisotopic (exact) mass is 338 g/mol. The Kier molecular flexibility index (Phi) is 5.04. The van der Waals surface area contributed by atoms with Crippen LogP contribution in [0.4, 0.5) is 4.79 Å². The highest BCUT2D eigenvalue weighted by molar-refractivity contribution is 5.82. The van der Waals surface area contributed by atoms with E-state index in [9.17, 15) is 14.7 Å². The molecule has 136 valence electrons. The molecular formula is C18H30N2O4. The van der Waals surface area contributed by atoms with Crippen LogP contribution < -0.4 is 5.32 Å². The van der Waals surface area contributed by atoms with E-state index in [-0.39, 0.29) is 19.2 Å². The first-order valence-electron chi connectivity index (χ1n) is 9.30. The number of carboxylic acid groups (broad SMARTS) is 1. The zero-order chi connectivity index (χ0) is 17.3. The average molecular weight is 338 g/mol. The normalized spacial score (nSPS) is 34.8. The maximum absolute atomic E-state index is 12.3. The Morgan fingerprint density at radius 1 is 1.12 bits per heavy atom. The number of aliphatic hydroxyl groups excluding tert-OH is 1. The fourth-order valence-corrected chi connectivity index (χ4v) is 5.74. The minimum atomic E-state index is -1.05. The summed E-state index contributed by atoms with van der Waals surface area (Å²) in [7, 11) is 0. The van der Waals surface area contributed by atoms with Gasteiger partial charge in [0.25, 0.3) is 0 Å². The van der Waals surface area contributed by atoms with E-state index in [0.717, 1.165) is 24.2 Å². The van der Waals surface area contributed by atoms with E-state index in [0.29, 0.717) is 12.0 Å². The van der Waals surface area contributed by atoms with Crippen molar-refractivity contribution in [3.8, 4) is 0 Å². The molecule has 3 N–H and O–H groups in total. The molecule has 0 radical (unpaired) electrons. The molecule has 6 nitrogen and oxygen atoms in total. The highest BCUT2D eigenvalue weighted by Gasteiger charge is 2.50. The molecule has 24 heavy (non-hydrogen) atoms. The van der Waals surface area contributed by atoms with Crippen LogP contribution >= 0.6 is 0 Å². The van der Waals surface area contributed by atoms with Crippen LogP contribution in [-0.4, -0.2) is 52.9 Å². The van der Waals surface area contributed by atoms with E-state index in [2.05, 4.69) is 5.32 Å². The standard InChI is InChI=1S/C18H30N2O4/c1-12(16(22)23)19-17(24)20(4-5-21)3-2-18-9-13-6-14(10-18)8-15(7-13)11-18/h12-15,21H,2-11H2,1H3,(H,19,24)(H,22,23)/t12-,13?,14?,15?,18?/m0/s1. The van der Waals surface area contributed by atoms with Gasteiger partial charge in [-0.2, -0.15) is 0 Å². The minimum Gasteiger partial charge on any atom is -0.480 e. The van der Waals surface area contributed by atoms with Crippen LogP contribution in [0.2, 0.25) is 0 Å². The average Bonchev–Trinajstić information content (AvgIpc) is 2.49. The number of aliphatic hydroxyl groups is 1. The lowest BCUT2D eigenvalue weighted by Crippen LogP contribution is -2.50. The zero-order valence-corrected chi connectivity index (χ0v) is 14.5. The van der Waals surface area contributed by atoms with Crippen LogP contribution in [0.5, 0.6) is 0 Å². The van der Waals surface area contributed by atoms with Crippen LogP contribution in [-0.2, 0) is 4.79 Å². The lowest BCUT2D eigenvalue weighted by Gasteiger charge is -2.57. The molecule has 2 amide bonds. The fraction of sp³-hybridized carbons (Fsp3) is 0.889. The Morgan fingerprint density at radius 2 is 1.67 bits per heavy atom. The molecule has 0 unspecified atom stereocenters. The van der Waals surface area contributed by atoms with Gasteiger partial charge in [0.1, 0.15) is 6.04 Å². The predicted octanol–water partition coefficient (Wildman–Crippen LogP) is 2.07. The van der Waals surface area contributed by atoms with Gasteiger partial charge in [-0.3, -0.25) is 4.79 Å². The van der Waals surface area contributed by atoms with Crippen molar-refractivity contribution in [1.29, 1.82) is 0 Å². The second kappa shape index (κ2) is 6.90. The molecule has 4 bridgehead atoms. The molecule has 0 spiro atoms. The van der Waals surface area contributed by atoms with Gasteiger partial charge in [0, 0.05) is 13.1 Å². The third kappa shape index (κ3) is 3.68. The maximum atomic E-state index is 12.3. The number of nitrogens with one attached hydrogen (secondary N) is 1. The molecule has 0 heterocycles. The van der Waals surface area contributed by atoms with Crippen molar-refractivity contribution in [3.05, 3.63) is 0 Å². The van der Waals surface area contributed by atoms with Crippen molar-refractivity contribution in [2.75, 3.05) is 19.7 Å². The number of aliphatic carboxylic acids is 1. The van der Waals surface area contributed by atoms with E-state index in [4.69, 9.17) is 5.11 Å². The summed E-state index contributed by atoms with van der Waals surface area (Å²) >= 11 is 0. The van der Waals surface area contributed by atoms with E-state index in [1.807, 2.05) is 0 Å². The number of urea groups is 1. The van der Waals surface area contributed by atoms with Crippen molar-refractivity contribution < 1.29 is 19.8 Å². The van der Waals surface area contributed by atoms with Gasteiger partial charge in [-0.25, -0.2) is 4.79 Å². The number of hydrogen-bond donors (Lipinski definition) is 3. The van der Waals surface area contributed by atoms with Crippen LogP contribution in [0.1, 0.15) is 51.9 Å². The molecule has 0 saturated heterocycles. The predicted molar refractivity (Wildman–Crippen MR) is 89.5 cm³/mol. The molecule has 4 saturated carbocycles. The largest absolute Gasteiger partial charge is 0.480 e. The lowest BCUT2D eigenvalue weighted by atomic mass is 9.49. The summed E-state index contributed by atoms with van der Waals surface area (Å²) in [5, 5.41) is 20.7. The molecule has 0 aromatic rings. The molecular weight excluding hydrogens is 308 g/mol. The van der Waals surface area contributed by atoms with Crippen molar-refractivity contribution in [2.24, 2.45) is 23.2 Å². The number of carbonyl (C=O) groups is 2. The summed E-state index contributed by atoms with van der Waals surface area (Å²) in [6.07, 6.45) is 9.05. The fourth-order valence-electron chi connectivity index (χ4n) is 5.74. The maximum Gasteiger partial charge on any atom is 0.325 e. The van der Waals surface area contributed by atoms with Gasteiger partial charge in [0.2, 0.25) is 0 Å². The highest BCUT2D eigenvalue weighted by atomic mass is 16.4. The van der Waals surface area contributed by atoms with Crippen molar-refractivity contribution >= 4 is 12.0 Å². The number of carbonyl (C=O) groups excluding carboxylic acids is 1. The summed E-state index contributed by atoms with van der Waals surface area (Å²) in [5.74, 6) is 1.59. The van der Waals surface area contributed by atoms with Crippen LogP contribution in [0.3, 0.4) is 0 Å². The third-order valence-electron chi connectivity index (χ3n) is 6.44. The molecule has 0 aromatic carbocycles. The number of rotatable bonds is 7. The van der Waals surface area contributed by atoms with E-state index >= 15 is 0 Å². The van der Waals surface area contributed by atoms with Gasteiger partial charge in [0.15, 0.2) is 0 Å². The van der Waals surface area contributed by atoms with Gasteiger partial charge >= 0.3 is 12.0 Å². The summed E-state index contributed by atoms with van der Waals surface area (Å²) < 4.78 is 0. The van der Waals surface area contributed by atoms with Crippen LogP contribution in [0.25, 0.3) is 0 Å². The van der Waals surface area contributed by atoms with E-state index < -0.39 is 12.0 Å². The molecule has 0 aliphatic heterocycles. The first-order valence-corrected chi connectivity index (χ1v) is 9.30. The van der Waals surface area contributed by atoms with Gasteiger partial charge in [-0.1, -0.05) is 0 Å².